The highest BCUT2D eigenvalue weighted by Crippen LogP contribution is 2.20. The second-order valence-corrected chi connectivity index (χ2v) is 6.20. The molecule has 1 N–H and O–H groups in total. The molecule has 21 heavy (non-hydrogen) atoms. The summed E-state index contributed by atoms with van der Waals surface area (Å²) in [5, 5.41) is 0. The fraction of sp³-hybridized carbons (Fsp3) is 0. The number of hydrogen-bond acceptors (Lipinski definition) is 2. The molecule has 106 valence electrons. The van der Waals surface area contributed by atoms with Crippen LogP contribution in [0.5, 0.6) is 0 Å². The third kappa shape index (κ3) is 2.83. The predicted molar refractivity (Wildman–Crippen MR) is 83.0 cm³/mol. The van der Waals surface area contributed by atoms with Gasteiger partial charge in [0.15, 0.2) is 0 Å². The van der Waals surface area contributed by atoms with Crippen LogP contribution < -0.4 is 4.72 Å². The first kappa shape index (κ1) is 13.5. The zero-order chi connectivity index (χ0) is 14.7. The monoisotopic (exact) mass is 298 g/mol. The van der Waals surface area contributed by atoms with Gasteiger partial charge in [0, 0.05) is 11.9 Å². The van der Waals surface area contributed by atoms with Crippen LogP contribution in [-0.4, -0.2) is 13.0 Å². The van der Waals surface area contributed by atoms with Crippen molar-refractivity contribution in [2.24, 2.45) is 0 Å². The first-order chi connectivity index (χ1) is 10.2. The summed E-state index contributed by atoms with van der Waals surface area (Å²) >= 11 is 0. The number of benzene rings is 2. The van der Waals surface area contributed by atoms with E-state index in [0.717, 1.165) is 5.69 Å². The van der Waals surface area contributed by atoms with Gasteiger partial charge in [0.25, 0.3) is 10.0 Å². The zero-order valence-electron chi connectivity index (χ0n) is 11.2. The van der Waals surface area contributed by atoms with Crippen molar-refractivity contribution in [1.29, 1.82) is 0 Å². The van der Waals surface area contributed by atoms with Gasteiger partial charge in [-0.1, -0.05) is 36.4 Å². The number of anilines is 1. The molecular weight excluding hydrogens is 284 g/mol. The molecule has 0 unspecified atom stereocenters. The highest BCUT2D eigenvalue weighted by molar-refractivity contribution is 7.92. The van der Waals surface area contributed by atoms with E-state index in [9.17, 15) is 8.42 Å². The highest BCUT2D eigenvalue weighted by Gasteiger charge is 2.15. The number of aromatic nitrogens is 1. The van der Waals surface area contributed by atoms with Crippen molar-refractivity contribution in [2.45, 2.75) is 4.90 Å². The molecule has 4 nitrogen and oxygen atoms in total. The molecule has 0 fully saturated rings. The number of hydrogen-bond donors (Lipinski definition) is 1. The van der Waals surface area contributed by atoms with E-state index < -0.39 is 10.0 Å². The predicted octanol–water partition coefficient (Wildman–Crippen LogP) is 3.28. The second-order valence-electron chi connectivity index (χ2n) is 4.52. The average Bonchev–Trinajstić information content (AvgIpc) is 2.96. The zero-order valence-corrected chi connectivity index (χ0v) is 12.0. The fourth-order valence-corrected chi connectivity index (χ4v) is 3.15. The Morgan fingerprint density at radius 2 is 1.38 bits per heavy atom. The minimum absolute atomic E-state index is 0.241. The maximum absolute atomic E-state index is 12.4. The molecule has 3 aromatic rings. The van der Waals surface area contributed by atoms with E-state index in [2.05, 4.69) is 4.72 Å². The van der Waals surface area contributed by atoms with Gasteiger partial charge in [-0.05, 0) is 36.4 Å². The van der Waals surface area contributed by atoms with E-state index in [0.29, 0.717) is 5.82 Å². The Balaban J connectivity index is 1.96. The molecule has 1 heterocycles. The summed E-state index contributed by atoms with van der Waals surface area (Å²) in [6.07, 6.45) is 1.82. The topological polar surface area (TPSA) is 51.1 Å². The van der Waals surface area contributed by atoms with Crippen LogP contribution in [0, 0.1) is 0 Å². The van der Waals surface area contributed by atoms with Crippen LogP contribution >= 0.6 is 0 Å². The van der Waals surface area contributed by atoms with E-state index in [1.165, 1.54) is 0 Å². The normalized spacial score (nSPS) is 11.2. The summed E-state index contributed by atoms with van der Waals surface area (Å²) in [4.78, 5) is 0.241. The van der Waals surface area contributed by atoms with Gasteiger partial charge < -0.3 is 4.57 Å². The Bertz CT molecular complexity index is 825. The average molecular weight is 298 g/mol. The third-order valence-electron chi connectivity index (χ3n) is 3.08. The molecule has 0 atom stereocenters. The molecule has 0 bridgehead atoms. The Morgan fingerprint density at radius 3 is 2.05 bits per heavy atom. The smallest absolute Gasteiger partial charge is 0.263 e. The van der Waals surface area contributed by atoms with Gasteiger partial charge in [0.05, 0.1) is 4.90 Å². The van der Waals surface area contributed by atoms with E-state index in [1.54, 1.807) is 47.0 Å². The van der Waals surface area contributed by atoms with Crippen molar-refractivity contribution in [3.8, 4) is 5.69 Å². The molecule has 0 saturated heterocycles. The van der Waals surface area contributed by atoms with Crippen LogP contribution in [0.25, 0.3) is 5.69 Å². The number of nitrogens with one attached hydrogen (secondary N) is 1. The highest BCUT2D eigenvalue weighted by atomic mass is 32.2. The van der Waals surface area contributed by atoms with E-state index in [4.69, 9.17) is 0 Å². The standard InChI is InChI=1S/C16H14N2O2S/c19-21(20,15-10-5-2-6-11-15)17-16-12-7-13-18(16)14-8-3-1-4-9-14/h1-13,17H. The maximum atomic E-state index is 12.4. The molecule has 3 rings (SSSR count). The van der Waals surface area contributed by atoms with Gasteiger partial charge in [0.1, 0.15) is 5.82 Å². The van der Waals surface area contributed by atoms with Crippen LogP contribution in [0.15, 0.2) is 83.9 Å². The van der Waals surface area contributed by atoms with Crippen molar-refractivity contribution < 1.29 is 8.42 Å². The van der Waals surface area contributed by atoms with Gasteiger partial charge in [0.2, 0.25) is 0 Å². The molecule has 0 radical (unpaired) electrons. The maximum Gasteiger partial charge on any atom is 0.263 e. The lowest BCUT2D eigenvalue weighted by molar-refractivity contribution is 0.601. The van der Waals surface area contributed by atoms with Gasteiger partial charge in [-0.25, -0.2) is 8.42 Å². The molecule has 1 aromatic heterocycles. The number of rotatable bonds is 4. The summed E-state index contributed by atoms with van der Waals surface area (Å²) in [5.74, 6) is 0.505. The first-order valence-corrected chi connectivity index (χ1v) is 7.96. The van der Waals surface area contributed by atoms with Crippen LogP contribution in [0.4, 0.5) is 5.82 Å². The van der Waals surface area contributed by atoms with Crippen LogP contribution in [0.3, 0.4) is 0 Å². The third-order valence-corrected chi connectivity index (χ3v) is 4.45. The number of sulfonamides is 1. The summed E-state index contributed by atoms with van der Waals surface area (Å²) in [7, 11) is -3.58. The van der Waals surface area contributed by atoms with Crippen LogP contribution in [-0.2, 0) is 10.0 Å². The first-order valence-electron chi connectivity index (χ1n) is 6.47. The molecule has 0 aliphatic heterocycles. The van der Waals surface area contributed by atoms with E-state index in [-0.39, 0.29) is 4.90 Å². The lowest BCUT2D eigenvalue weighted by atomic mass is 10.3. The van der Waals surface area contributed by atoms with Crippen molar-refractivity contribution >= 4 is 15.8 Å². The van der Waals surface area contributed by atoms with Gasteiger partial charge in [-0.3, -0.25) is 4.72 Å². The van der Waals surface area contributed by atoms with E-state index >= 15 is 0 Å². The number of nitrogens with zero attached hydrogens (tertiary/aromatic N) is 1. The molecule has 0 spiro atoms. The molecule has 5 heteroatoms. The lowest BCUT2D eigenvalue weighted by Crippen LogP contribution is -2.15. The summed E-state index contributed by atoms with van der Waals surface area (Å²) in [6.45, 7) is 0. The fourth-order valence-electron chi connectivity index (χ4n) is 2.07. The Kier molecular flexibility index (Phi) is 3.50. The summed E-state index contributed by atoms with van der Waals surface area (Å²) < 4.78 is 29.1. The van der Waals surface area contributed by atoms with E-state index in [1.807, 2.05) is 36.5 Å². The quantitative estimate of drug-likeness (QED) is 0.803. The summed E-state index contributed by atoms with van der Waals surface area (Å²) in [5.41, 5.74) is 0.897. The molecule has 0 aliphatic rings. The van der Waals surface area contributed by atoms with Crippen molar-refractivity contribution in [3.05, 3.63) is 79.0 Å². The largest absolute Gasteiger partial charge is 0.303 e. The SMILES string of the molecule is O=S(=O)(Nc1cccn1-c1ccccc1)c1ccccc1. The van der Waals surface area contributed by atoms with Crippen molar-refractivity contribution in [1.82, 2.24) is 4.57 Å². The van der Waals surface area contributed by atoms with Crippen LogP contribution in [0.2, 0.25) is 0 Å². The molecule has 0 saturated carbocycles. The summed E-state index contributed by atoms with van der Waals surface area (Å²) in [6, 6.07) is 21.4. The Labute approximate surface area is 123 Å². The minimum Gasteiger partial charge on any atom is -0.303 e. The second kappa shape index (κ2) is 5.46. The molecule has 0 aliphatic carbocycles. The van der Waals surface area contributed by atoms with Gasteiger partial charge in [-0.15, -0.1) is 0 Å². The lowest BCUT2D eigenvalue weighted by Gasteiger charge is -2.12. The molecule has 0 amide bonds. The van der Waals surface area contributed by atoms with Crippen LogP contribution in [0.1, 0.15) is 0 Å². The molecular formula is C16H14N2O2S. The van der Waals surface area contributed by atoms with Crippen molar-refractivity contribution in [3.63, 3.8) is 0 Å². The van der Waals surface area contributed by atoms with Gasteiger partial charge in [-0.2, -0.15) is 0 Å². The minimum atomic E-state index is -3.58. The van der Waals surface area contributed by atoms with Crippen molar-refractivity contribution in [2.75, 3.05) is 4.72 Å². The molecule has 2 aromatic carbocycles. The Hall–Kier alpha value is -2.53. The van der Waals surface area contributed by atoms with Gasteiger partial charge >= 0.3 is 0 Å². The Morgan fingerprint density at radius 1 is 0.762 bits per heavy atom. The number of para-hydroxylation sites is 1.